The summed E-state index contributed by atoms with van der Waals surface area (Å²) in [5.41, 5.74) is 8.59. The molecule has 0 aromatic heterocycles. The number of carbonyl (C=O) groups is 2. The molecule has 0 fully saturated rings. The van der Waals surface area contributed by atoms with Gasteiger partial charge in [0.1, 0.15) is 0 Å². The summed E-state index contributed by atoms with van der Waals surface area (Å²) in [5, 5.41) is 13.0. The van der Waals surface area contributed by atoms with Crippen LogP contribution >= 0.6 is 0 Å². The number of sulfone groups is 1. The predicted octanol–water partition coefficient (Wildman–Crippen LogP) is 2.38. The van der Waals surface area contributed by atoms with E-state index in [2.05, 4.69) is 10.6 Å². The van der Waals surface area contributed by atoms with Gasteiger partial charge in [-0.05, 0) is 35.2 Å². The van der Waals surface area contributed by atoms with Crippen LogP contribution in [0.3, 0.4) is 0 Å². The Morgan fingerprint density at radius 3 is 2.31 bits per heavy atom. The van der Waals surface area contributed by atoms with Gasteiger partial charge in [-0.1, -0.05) is 43.3 Å². The molecule has 0 aliphatic heterocycles. The van der Waals surface area contributed by atoms with E-state index in [9.17, 15) is 23.1 Å². The van der Waals surface area contributed by atoms with E-state index in [1.165, 1.54) is 0 Å². The van der Waals surface area contributed by atoms with Crippen molar-refractivity contribution in [2.75, 3.05) is 18.1 Å². The first-order valence-electron chi connectivity index (χ1n) is 9.06. The van der Waals surface area contributed by atoms with Gasteiger partial charge in [0.15, 0.2) is 15.1 Å². The van der Waals surface area contributed by atoms with Crippen molar-refractivity contribution in [2.24, 2.45) is 5.73 Å². The zero-order chi connectivity index (χ0) is 21.6. The number of carbonyl (C=O) groups excluding carboxylic acids is 1. The number of aliphatic carboxylic acids is 1. The van der Waals surface area contributed by atoms with Crippen molar-refractivity contribution in [3.63, 3.8) is 0 Å². The van der Waals surface area contributed by atoms with Crippen molar-refractivity contribution in [1.29, 1.82) is 0 Å². The van der Waals surface area contributed by atoms with Gasteiger partial charge in [-0.3, -0.25) is 4.79 Å². The predicted molar refractivity (Wildman–Crippen MR) is 112 cm³/mol. The Morgan fingerprint density at radius 1 is 1.10 bits per heavy atom. The van der Waals surface area contributed by atoms with Crippen LogP contribution in [0.4, 0.5) is 10.5 Å². The van der Waals surface area contributed by atoms with E-state index in [0.717, 1.165) is 23.8 Å². The van der Waals surface area contributed by atoms with Crippen molar-refractivity contribution < 1.29 is 23.1 Å². The minimum atomic E-state index is -3.87. The normalized spacial score (nSPS) is 13.3. The first kappa shape index (κ1) is 22.4. The molecule has 0 bridgehead atoms. The number of carboxylic acid groups (broad SMARTS) is 1. The maximum absolute atomic E-state index is 11.8. The Kier molecular flexibility index (Phi) is 7.35. The summed E-state index contributed by atoms with van der Waals surface area (Å²) < 4.78 is 23.5. The van der Waals surface area contributed by atoms with Crippen molar-refractivity contribution in [2.45, 2.75) is 24.6 Å². The third-order valence-electron chi connectivity index (χ3n) is 4.32. The zero-order valence-corrected chi connectivity index (χ0v) is 17.1. The Bertz CT molecular complexity index is 974. The topological polar surface area (TPSA) is 139 Å². The molecule has 0 saturated heterocycles. The van der Waals surface area contributed by atoms with Crippen LogP contribution in [0, 0.1) is 0 Å². The first-order chi connectivity index (χ1) is 13.6. The summed E-state index contributed by atoms with van der Waals surface area (Å²) >= 11 is 0. The lowest BCUT2D eigenvalue weighted by Crippen LogP contribution is -2.39. The fourth-order valence-electron chi connectivity index (χ4n) is 2.87. The maximum Gasteiger partial charge on any atom is 0.323 e. The molecule has 2 amide bonds. The summed E-state index contributed by atoms with van der Waals surface area (Å²) in [6, 6.07) is 12.4. The molecule has 0 radical (unpaired) electrons. The van der Waals surface area contributed by atoms with E-state index in [-0.39, 0.29) is 6.03 Å². The lowest BCUT2D eigenvalue weighted by Gasteiger charge is -2.19. The SMILES string of the molecule is CCCNC(=O)Nc1cccc(-c2ccc(C(N)[C@@H](C(=O)O)S(C)(=O)=O)cc2)c1. The van der Waals surface area contributed by atoms with Gasteiger partial charge in [-0.2, -0.15) is 0 Å². The minimum Gasteiger partial charge on any atom is -0.480 e. The Morgan fingerprint density at radius 2 is 1.76 bits per heavy atom. The molecule has 1 unspecified atom stereocenters. The summed E-state index contributed by atoms with van der Waals surface area (Å²) in [6.45, 7) is 2.54. The van der Waals surface area contributed by atoms with Crippen LogP contribution in [0.25, 0.3) is 11.1 Å². The molecule has 0 heterocycles. The van der Waals surface area contributed by atoms with Gasteiger partial charge < -0.3 is 21.5 Å². The Balaban J connectivity index is 2.21. The zero-order valence-electron chi connectivity index (χ0n) is 16.3. The number of rotatable bonds is 8. The fraction of sp³-hybridized carbons (Fsp3) is 0.300. The second kappa shape index (κ2) is 9.53. The molecule has 29 heavy (non-hydrogen) atoms. The molecular formula is C20H25N3O5S. The molecule has 0 spiro atoms. The fourth-order valence-corrected chi connectivity index (χ4v) is 3.92. The monoisotopic (exact) mass is 419 g/mol. The average molecular weight is 420 g/mol. The van der Waals surface area contributed by atoms with Crippen LogP contribution in [0.15, 0.2) is 48.5 Å². The van der Waals surface area contributed by atoms with Crippen molar-refractivity contribution in [3.05, 3.63) is 54.1 Å². The second-order valence-corrected chi connectivity index (χ2v) is 8.86. The number of carboxylic acids is 1. The maximum atomic E-state index is 11.8. The van der Waals surface area contributed by atoms with Gasteiger partial charge in [0.05, 0.1) is 6.04 Å². The molecule has 2 aromatic rings. The number of hydrogen-bond acceptors (Lipinski definition) is 5. The summed E-state index contributed by atoms with van der Waals surface area (Å²) in [6.07, 6.45) is 1.69. The van der Waals surface area contributed by atoms with Crippen LogP contribution in [-0.2, 0) is 14.6 Å². The van der Waals surface area contributed by atoms with E-state index in [1.807, 2.05) is 13.0 Å². The quantitative estimate of drug-likeness (QED) is 0.518. The van der Waals surface area contributed by atoms with Gasteiger partial charge >= 0.3 is 12.0 Å². The third-order valence-corrected chi connectivity index (χ3v) is 5.73. The van der Waals surface area contributed by atoms with E-state index < -0.39 is 27.1 Å². The van der Waals surface area contributed by atoms with Crippen molar-refractivity contribution in [1.82, 2.24) is 5.32 Å². The minimum absolute atomic E-state index is 0.286. The molecular weight excluding hydrogens is 394 g/mol. The summed E-state index contributed by atoms with van der Waals surface area (Å²) in [7, 11) is -3.87. The molecule has 2 rings (SSSR count). The Labute approximate surface area is 170 Å². The van der Waals surface area contributed by atoms with E-state index in [4.69, 9.17) is 5.73 Å². The van der Waals surface area contributed by atoms with E-state index >= 15 is 0 Å². The first-order valence-corrected chi connectivity index (χ1v) is 11.0. The largest absolute Gasteiger partial charge is 0.480 e. The molecule has 2 atom stereocenters. The number of nitrogens with two attached hydrogens (primary N) is 1. The highest BCUT2D eigenvalue weighted by Gasteiger charge is 2.35. The second-order valence-electron chi connectivity index (χ2n) is 6.70. The lowest BCUT2D eigenvalue weighted by molar-refractivity contribution is -0.136. The molecule has 0 aliphatic rings. The molecule has 5 N–H and O–H groups in total. The van der Waals surface area contributed by atoms with Crippen LogP contribution in [0.1, 0.15) is 24.9 Å². The summed E-state index contributed by atoms with van der Waals surface area (Å²) in [5.74, 6) is -1.48. The molecule has 0 saturated carbocycles. The standard InChI is InChI=1S/C20H25N3O5S/c1-3-11-22-20(26)23-16-6-4-5-15(12-16)13-7-9-14(10-8-13)17(21)18(19(24)25)29(2,27)28/h4-10,12,17-18H,3,11,21H2,1-2H3,(H,24,25)(H2,22,23,26)/t17?,18-/m0/s1. The van der Waals surface area contributed by atoms with Crippen molar-refractivity contribution in [3.8, 4) is 11.1 Å². The van der Waals surface area contributed by atoms with Crippen LogP contribution in [0.2, 0.25) is 0 Å². The van der Waals surface area contributed by atoms with Gasteiger partial charge in [-0.15, -0.1) is 0 Å². The number of hydrogen-bond donors (Lipinski definition) is 4. The lowest BCUT2D eigenvalue weighted by atomic mass is 9.99. The molecule has 2 aromatic carbocycles. The number of benzene rings is 2. The highest BCUT2D eigenvalue weighted by atomic mass is 32.2. The van der Waals surface area contributed by atoms with Crippen molar-refractivity contribution >= 4 is 27.5 Å². The number of amides is 2. The highest BCUT2D eigenvalue weighted by molar-refractivity contribution is 7.92. The van der Waals surface area contributed by atoms with Crippen LogP contribution in [0.5, 0.6) is 0 Å². The molecule has 8 nitrogen and oxygen atoms in total. The molecule has 9 heteroatoms. The smallest absolute Gasteiger partial charge is 0.323 e. The third kappa shape index (κ3) is 6.03. The van der Waals surface area contributed by atoms with E-state index in [1.54, 1.807) is 42.5 Å². The Hall–Kier alpha value is -2.91. The number of anilines is 1. The van der Waals surface area contributed by atoms with Gasteiger partial charge in [0.2, 0.25) is 0 Å². The van der Waals surface area contributed by atoms with Gasteiger partial charge in [0.25, 0.3) is 0 Å². The molecule has 156 valence electrons. The highest BCUT2D eigenvalue weighted by Crippen LogP contribution is 2.26. The average Bonchev–Trinajstić information content (AvgIpc) is 2.65. The van der Waals surface area contributed by atoms with Crippen LogP contribution in [-0.4, -0.2) is 43.6 Å². The summed E-state index contributed by atoms with van der Waals surface area (Å²) in [4.78, 5) is 23.1. The van der Waals surface area contributed by atoms with Gasteiger partial charge in [-0.25, -0.2) is 13.2 Å². The molecule has 0 aliphatic carbocycles. The number of nitrogens with one attached hydrogen (secondary N) is 2. The van der Waals surface area contributed by atoms with Gasteiger partial charge in [0, 0.05) is 18.5 Å². The van der Waals surface area contributed by atoms with E-state index in [0.29, 0.717) is 17.8 Å². The van der Waals surface area contributed by atoms with Crippen LogP contribution < -0.4 is 16.4 Å². The number of urea groups is 1.